The van der Waals surface area contributed by atoms with E-state index >= 15 is 0 Å². The Morgan fingerprint density at radius 3 is 2.40 bits per heavy atom. The molecule has 20 heavy (non-hydrogen) atoms. The van der Waals surface area contributed by atoms with Gasteiger partial charge >= 0.3 is 0 Å². The van der Waals surface area contributed by atoms with Crippen molar-refractivity contribution in [2.75, 3.05) is 4.90 Å². The molecule has 1 fully saturated rings. The fraction of sp³-hybridized carbons (Fsp3) is 0.643. The number of aryl methyl sites for hydroxylation is 1. The summed E-state index contributed by atoms with van der Waals surface area (Å²) >= 11 is 0. The molecule has 0 spiro atoms. The first-order chi connectivity index (χ1) is 9.49. The molecule has 0 aromatic carbocycles. The lowest BCUT2D eigenvalue weighted by atomic mass is 9.86. The van der Waals surface area contributed by atoms with Gasteiger partial charge in [0, 0.05) is 19.3 Å². The van der Waals surface area contributed by atoms with Gasteiger partial charge in [0.25, 0.3) is 5.91 Å². The van der Waals surface area contributed by atoms with E-state index in [1.165, 1.54) is 0 Å². The third kappa shape index (κ3) is 2.09. The summed E-state index contributed by atoms with van der Waals surface area (Å²) in [5.74, 6) is 0.388. The molecule has 110 valence electrons. The smallest absolute Gasteiger partial charge is 0.254 e. The van der Waals surface area contributed by atoms with Crippen LogP contribution in [0.1, 0.15) is 40.0 Å². The fourth-order valence-electron chi connectivity index (χ4n) is 2.75. The summed E-state index contributed by atoms with van der Waals surface area (Å²) in [6.45, 7) is 5.74. The van der Waals surface area contributed by atoms with Crippen LogP contribution >= 0.6 is 0 Å². The van der Waals surface area contributed by atoms with Crippen LogP contribution in [0.2, 0.25) is 0 Å². The van der Waals surface area contributed by atoms with Crippen molar-refractivity contribution in [2.45, 2.75) is 51.6 Å². The molecule has 1 N–H and O–H groups in total. The minimum atomic E-state index is -0.805. The number of nitrogens with one attached hydrogen (secondary N) is 1. The van der Waals surface area contributed by atoms with Crippen molar-refractivity contribution >= 4 is 17.6 Å². The molecule has 0 saturated carbocycles. The zero-order chi connectivity index (χ0) is 14.9. The van der Waals surface area contributed by atoms with Crippen molar-refractivity contribution in [2.24, 2.45) is 7.05 Å². The summed E-state index contributed by atoms with van der Waals surface area (Å²) in [7, 11) is 1.80. The van der Waals surface area contributed by atoms with Crippen LogP contribution in [-0.2, 0) is 16.6 Å². The fourth-order valence-corrected chi connectivity index (χ4v) is 2.75. The molecule has 0 aliphatic carbocycles. The standard InChI is InChI=1S/C14H22N4O2/c1-5-10-12(19)15-14(6-2,7-3)13(20)18(10)11-8-9-17(4)16-11/h8-10H,5-7H2,1-4H3,(H,15,19). The van der Waals surface area contributed by atoms with E-state index in [1.54, 1.807) is 28.9 Å². The Labute approximate surface area is 119 Å². The third-order valence-corrected chi connectivity index (χ3v) is 4.15. The van der Waals surface area contributed by atoms with Gasteiger partial charge in [0.2, 0.25) is 5.91 Å². The van der Waals surface area contributed by atoms with E-state index in [-0.39, 0.29) is 11.8 Å². The van der Waals surface area contributed by atoms with Gasteiger partial charge in [0.15, 0.2) is 5.82 Å². The van der Waals surface area contributed by atoms with E-state index < -0.39 is 11.6 Å². The number of carbonyl (C=O) groups is 2. The van der Waals surface area contributed by atoms with Gasteiger partial charge in [-0.2, -0.15) is 5.10 Å². The summed E-state index contributed by atoms with van der Waals surface area (Å²) in [6.07, 6.45) is 3.50. The van der Waals surface area contributed by atoms with E-state index in [1.807, 2.05) is 20.8 Å². The zero-order valence-corrected chi connectivity index (χ0v) is 12.5. The zero-order valence-electron chi connectivity index (χ0n) is 12.5. The Bertz CT molecular complexity index is 519. The average molecular weight is 278 g/mol. The van der Waals surface area contributed by atoms with Gasteiger partial charge in [-0.3, -0.25) is 19.2 Å². The summed E-state index contributed by atoms with van der Waals surface area (Å²) in [4.78, 5) is 26.8. The summed E-state index contributed by atoms with van der Waals surface area (Å²) in [5.41, 5.74) is -0.805. The molecule has 2 heterocycles. The maximum absolute atomic E-state index is 12.9. The SMILES string of the molecule is CCC1C(=O)NC(CC)(CC)C(=O)N1c1ccn(C)n1. The van der Waals surface area contributed by atoms with Crippen LogP contribution in [0, 0.1) is 0 Å². The molecule has 1 saturated heterocycles. The molecule has 1 aromatic rings. The molecule has 0 bridgehead atoms. The average Bonchev–Trinajstić information content (AvgIpc) is 2.86. The van der Waals surface area contributed by atoms with Crippen LogP contribution in [-0.4, -0.2) is 33.2 Å². The third-order valence-electron chi connectivity index (χ3n) is 4.15. The number of hydrogen-bond donors (Lipinski definition) is 1. The lowest BCUT2D eigenvalue weighted by Crippen LogP contribution is -2.70. The van der Waals surface area contributed by atoms with Crippen LogP contribution in [0.4, 0.5) is 5.82 Å². The van der Waals surface area contributed by atoms with Crippen molar-refractivity contribution in [3.8, 4) is 0 Å². The van der Waals surface area contributed by atoms with Crippen molar-refractivity contribution in [3.05, 3.63) is 12.3 Å². The van der Waals surface area contributed by atoms with E-state index in [9.17, 15) is 9.59 Å². The van der Waals surface area contributed by atoms with Crippen LogP contribution in [0.25, 0.3) is 0 Å². The molecule has 0 radical (unpaired) electrons. The summed E-state index contributed by atoms with van der Waals surface area (Å²) in [6, 6.07) is 1.29. The Kier molecular flexibility index (Phi) is 3.83. The Morgan fingerprint density at radius 2 is 1.95 bits per heavy atom. The maximum atomic E-state index is 12.9. The number of nitrogens with zero attached hydrogens (tertiary/aromatic N) is 3. The van der Waals surface area contributed by atoms with Gasteiger partial charge < -0.3 is 5.32 Å². The predicted molar refractivity (Wildman–Crippen MR) is 76.2 cm³/mol. The number of carbonyl (C=O) groups excluding carboxylic acids is 2. The maximum Gasteiger partial charge on any atom is 0.254 e. The predicted octanol–water partition coefficient (Wildman–Crippen LogP) is 1.22. The molecular weight excluding hydrogens is 256 g/mol. The minimum Gasteiger partial charge on any atom is -0.340 e. The van der Waals surface area contributed by atoms with Crippen LogP contribution < -0.4 is 10.2 Å². The van der Waals surface area contributed by atoms with Gasteiger partial charge in [0.1, 0.15) is 11.6 Å². The second-order valence-corrected chi connectivity index (χ2v) is 5.23. The molecule has 2 rings (SSSR count). The van der Waals surface area contributed by atoms with Crippen LogP contribution in [0.15, 0.2) is 12.3 Å². The van der Waals surface area contributed by atoms with Crippen molar-refractivity contribution in [1.82, 2.24) is 15.1 Å². The van der Waals surface area contributed by atoms with Gasteiger partial charge in [-0.25, -0.2) is 0 Å². The van der Waals surface area contributed by atoms with Gasteiger partial charge in [0.05, 0.1) is 0 Å². The van der Waals surface area contributed by atoms with Gasteiger partial charge in [-0.05, 0) is 19.3 Å². The molecular formula is C14H22N4O2. The topological polar surface area (TPSA) is 67.2 Å². The highest BCUT2D eigenvalue weighted by molar-refractivity contribution is 6.10. The van der Waals surface area contributed by atoms with Crippen LogP contribution in [0.5, 0.6) is 0 Å². The number of aromatic nitrogens is 2. The van der Waals surface area contributed by atoms with Gasteiger partial charge in [-0.1, -0.05) is 20.8 Å². The number of hydrogen-bond acceptors (Lipinski definition) is 3. The monoisotopic (exact) mass is 278 g/mol. The Hall–Kier alpha value is -1.85. The lowest BCUT2D eigenvalue weighted by molar-refractivity contribution is -0.138. The summed E-state index contributed by atoms with van der Waals surface area (Å²) < 4.78 is 1.64. The lowest BCUT2D eigenvalue weighted by Gasteiger charge is -2.44. The van der Waals surface area contributed by atoms with Crippen molar-refractivity contribution in [3.63, 3.8) is 0 Å². The van der Waals surface area contributed by atoms with E-state index in [2.05, 4.69) is 10.4 Å². The first-order valence-electron chi connectivity index (χ1n) is 7.14. The van der Waals surface area contributed by atoms with Crippen LogP contribution in [0.3, 0.4) is 0 Å². The Balaban J connectivity index is 2.48. The highest BCUT2D eigenvalue weighted by atomic mass is 16.2. The van der Waals surface area contributed by atoms with E-state index in [0.717, 1.165) is 0 Å². The molecule has 1 unspecified atom stereocenters. The summed E-state index contributed by atoms with van der Waals surface area (Å²) in [5, 5.41) is 7.22. The van der Waals surface area contributed by atoms with E-state index in [0.29, 0.717) is 25.1 Å². The van der Waals surface area contributed by atoms with Crippen molar-refractivity contribution < 1.29 is 9.59 Å². The second kappa shape index (κ2) is 5.26. The first kappa shape index (κ1) is 14.6. The van der Waals surface area contributed by atoms with E-state index in [4.69, 9.17) is 0 Å². The van der Waals surface area contributed by atoms with Gasteiger partial charge in [-0.15, -0.1) is 0 Å². The quantitative estimate of drug-likeness (QED) is 0.900. The first-order valence-corrected chi connectivity index (χ1v) is 7.14. The molecule has 1 aromatic heterocycles. The molecule has 6 heteroatoms. The number of amides is 2. The molecule has 1 aliphatic heterocycles. The molecule has 1 atom stereocenters. The molecule has 2 amide bonds. The minimum absolute atomic E-state index is 0.0624. The highest BCUT2D eigenvalue weighted by Crippen LogP contribution is 2.29. The largest absolute Gasteiger partial charge is 0.340 e. The Morgan fingerprint density at radius 1 is 1.30 bits per heavy atom. The highest BCUT2D eigenvalue weighted by Gasteiger charge is 2.49. The number of piperazine rings is 1. The molecule has 6 nitrogen and oxygen atoms in total. The van der Waals surface area contributed by atoms with Crippen molar-refractivity contribution in [1.29, 1.82) is 0 Å². The normalized spacial score (nSPS) is 22.0. The molecule has 1 aliphatic rings. The number of rotatable bonds is 4. The second-order valence-electron chi connectivity index (χ2n) is 5.23. The number of anilines is 1.